The molecule has 3 aromatic rings. The number of aromatic nitrogens is 3. The highest BCUT2D eigenvalue weighted by Gasteiger charge is 2.22. The molecule has 29 heavy (non-hydrogen) atoms. The minimum Gasteiger partial charge on any atom is -0.301 e. The summed E-state index contributed by atoms with van der Waals surface area (Å²) in [6, 6.07) is 5.27. The first-order valence-electron chi connectivity index (χ1n) is 9.58. The Kier molecular flexibility index (Phi) is 6.22. The number of fused-ring (bicyclic) bond motifs is 1. The average molecular weight is 449 g/mol. The molecule has 1 amide bonds. The average Bonchev–Trinajstić information content (AvgIpc) is 3.11. The van der Waals surface area contributed by atoms with Gasteiger partial charge in [0.25, 0.3) is 5.56 Å². The van der Waals surface area contributed by atoms with Crippen molar-refractivity contribution in [3.63, 3.8) is 0 Å². The lowest BCUT2D eigenvalue weighted by atomic mass is 9.95. The minimum absolute atomic E-state index is 0.0583. The van der Waals surface area contributed by atoms with E-state index >= 15 is 0 Å². The summed E-state index contributed by atoms with van der Waals surface area (Å²) in [5, 5.41) is 6.94. The Morgan fingerprint density at radius 2 is 2.10 bits per heavy atom. The van der Waals surface area contributed by atoms with Crippen molar-refractivity contribution in [3.05, 3.63) is 44.6 Å². The van der Waals surface area contributed by atoms with Crippen LogP contribution in [0.4, 0.5) is 5.13 Å². The van der Waals surface area contributed by atoms with Gasteiger partial charge in [0.1, 0.15) is 0 Å². The van der Waals surface area contributed by atoms with Crippen LogP contribution in [0.25, 0.3) is 10.9 Å². The molecular formula is C20H21ClN4O2S2. The van der Waals surface area contributed by atoms with Crippen molar-refractivity contribution in [3.8, 4) is 0 Å². The van der Waals surface area contributed by atoms with E-state index in [4.69, 9.17) is 16.6 Å². The fourth-order valence-electron chi connectivity index (χ4n) is 3.61. The lowest BCUT2D eigenvalue weighted by Gasteiger charge is -2.26. The molecule has 0 spiro atoms. The molecule has 2 aromatic heterocycles. The molecule has 1 aromatic carbocycles. The Labute approximate surface area is 181 Å². The van der Waals surface area contributed by atoms with E-state index in [0.717, 1.165) is 31.4 Å². The van der Waals surface area contributed by atoms with Gasteiger partial charge in [0.2, 0.25) is 5.91 Å². The molecule has 1 saturated carbocycles. The van der Waals surface area contributed by atoms with Gasteiger partial charge < -0.3 is 5.32 Å². The van der Waals surface area contributed by atoms with Crippen LogP contribution in [0.1, 0.15) is 43.8 Å². The Morgan fingerprint density at radius 3 is 2.83 bits per heavy atom. The first-order valence-corrected chi connectivity index (χ1v) is 11.8. The van der Waals surface area contributed by atoms with Crippen molar-refractivity contribution in [1.82, 2.24) is 14.5 Å². The summed E-state index contributed by atoms with van der Waals surface area (Å²) in [4.78, 5) is 34.6. The smallest absolute Gasteiger partial charge is 0.262 e. The second-order valence-corrected chi connectivity index (χ2v) is 9.39. The normalized spacial score (nSPS) is 15.0. The molecule has 6 nitrogen and oxygen atoms in total. The molecule has 0 radical (unpaired) electrons. The maximum absolute atomic E-state index is 13.3. The summed E-state index contributed by atoms with van der Waals surface area (Å²) in [5.74, 6) is -0.0101. The molecule has 0 aliphatic heterocycles. The van der Waals surface area contributed by atoms with Gasteiger partial charge in [-0.25, -0.2) is 9.97 Å². The van der Waals surface area contributed by atoms with E-state index in [0.29, 0.717) is 26.2 Å². The van der Waals surface area contributed by atoms with Crippen LogP contribution in [0.15, 0.2) is 33.5 Å². The third-order valence-electron chi connectivity index (χ3n) is 4.97. The number of amides is 1. The van der Waals surface area contributed by atoms with Crippen LogP contribution in [-0.2, 0) is 4.79 Å². The molecule has 0 atom stereocenters. The maximum Gasteiger partial charge on any atom is 0.262 e. The SMILES string of the molecule is Cc1csc(NC(=O)CSc2nc3cc(Cl)ccc3c(=O)n2C2CCCCC2)n1. The number of nitrogens with zero attached hydrogens (tertiary/aromatic N) is 3. The molecule has 1 N–H and O–H groups in total. The van der Waals surface area contributed by atoms with Crippen LogP contribution in [0.5, 0.6) is 0 Å². The Bertz CT molecular complexity index is 1110. The van der Waals surface area contributed by atoms with E-state index in [1.807, 2.05) is 12.3 Å². The molecule has 1 aliphatic rings. The number of halogens is 1. The summed E-state index contributed by atoms with van der Waals surface area (Å²) in [5.41, 5.74) is 1.38. The molecule has 1 aliphatic carbocycles. The number of hydrogen-bond donors (Lipinski definition) is 1. The van der Waals surface area contributed by atoms with Crippen LogP contribution in [0.2, 0.25) is 5.02 Å². The van der Waals surface area contributed by atoms with Crippen LogP contribution in [0, 0.1) is 6.92 Å². The Hall–Kier alpha value is -1.90. The summed E-state index contributed by atoms with van der Waals surface area (Å²) in [6.07, 6.45) is 5.31. The first kappa shape index (κ1) is 20.4. The quantitative estimate of drug-likeness (QED) is 0.436. The number of anilines is 1. The van der Waals surface area contributed by atoms with Crippen molar-refractivity contribution in [2.75, 3.05) is 11.1 Å². The summed E-state index contributed by atoms with van der Waals surface area (Å²) >= 11 is 8.78. The minimum atomic E-state index is -0.167. The molecule has 2 heterocycles. The standard InChI is InChI=1S/C20H21ClN4O2S2/c1-12-10-28-19(22-12)24-17(26)11-29-20-23-16-9-13(21)7-8-15(16)18(27)25(20)14-5-3-2-4-6-14/h7-10,14H,2-6,11H2,1H3,(H,22,24,26). The molecule has 1 fully saturated rings. The summed E-state index contributed by atoms with van der Waals surface area (Å²) < 4.78 is 1.79. The third kappa shape index (κ3) is 4.65. The van der Waals surface area contributed by atoms with Crippen molar-refractivity contribution >= 4 is 56.6 Å². The zero-order valence-electron chi connectivity index (χ0n) is 16.0. The monoisotopic (exact) mass is 448 g/mol. The number of carbonyl (C=O) groups is 1. The highest BCUT2D eigenvalue weighted by Crippen LogP contribution is 2.31. The van der Waals surface area contributed by atoms with Gasteiger partial charge in [0, 0.05) is 16.4 Å². The number of benzene rings is 1. The number of rotatable bonds is 5. The topological polar surface area (TPSA) is 76.9 Å². The largest absolute Gasteiger partial charge is 0.301 e. The molecule has 9 heteroatoms. The molecule has 4 rings (SSSR count). The predicted molar refractivity (Wildman–Crippen MR) is 119 cm³/mol. The van der Waals surface area contributed by atoms with Crippen molar-refractivity contribution in [1.29, 1.82) is 0 Å². The van der Waals surface area contributed by atoms with Crippen LogP contribution < -0.4 is 10.9 Å². The van der Waals surface area contributed by atoms with Crippen molar-refractivity contribution in [2.24, 2.45) is 0 Å². The van der Waals surface area contributed by atoms with E-state index in [9.17, 15) is 9.59 Å². The number of thioether (sulfide) groups is 1. The maximum atomic E-state index is 13.3. The van der Waals surface area contributed by atoms with Gasteiger partial charge in [-0.15, -0.1) is 11.3 Å². The lowest BCUT2D eigenvalue weighted by Crippen LogP contribution is -2.29. The second-order valence-electron chi connectivity index (χ2n) is 7.15. The van der Waals surface area contributed by atoms with Gasteiger partial charge in [0.15, 0.2) is 10.3 Å². The molecular weight excluding hydrogens is 428 g/mol. The van der Waals surface area contributed by atoms with Crippen LogP contribution >= 0.6 is 34.7 Å². The van der Waals surface area contributed by atoms with E-state index in [-0.39, 0.29) is 23.3 Å². The first-order chi connectivity index (χ1) is 14.0. The van der Waals surface area contributed by atoms with Gasteiger partial charge in [-0.2, -0.15) is 0 Å². The molecule has 0 unspecified atom stereocenters. The predicted octanol–water partition coefficient (Wildman–Crippen LogP) is 5.05. The highest BCUT2D eigenvalue weighted by molar-refractivity contribution is 7.99. The van der Waals surface area contributed by atoms with Crippen molar-refractivity contribution < 1.29 is 4.79 Å². The van der Waals surface area contributed by atoms with E-state index in [1.165, 1.54) is 29.5 Å². The molecule has 0 bridgehead atoms. The number of carbonyl (C=O) groups excluding carboxylic acids is 1. The van der Waals surface area contributed by atoms with Gasteiger partial charge >= 0.3 is 0 Å². The molecule has 152 valence electrons. The van der Waals surface area contributed by atoms with Gasteiger partial charge in [0.05, 0.1) is 22.3 Å². The Balaban J connectivity index is 1.63. The number of thiazole rings is 1. The Morgan fingerprint density at radius 1 is 1.31 bits per heavy atom. The number of hydrogen-bond acceptors (Lipinski definition) is 6. The van der Waals surface area contributed by atoms with Crippen molar-refractivity contribution in [2.45, 2.75) is 50.2 Å². The van der Waals surface area contributed by atoms with Crippen LogP contribution in [-0.4, -0.2) is 26.2 Å². The van der Waals surface area contributed by atoms with E-state index in [1.54, 1.807) is 22.8 Å². The highest BCUT2D eigenvalue weighted by atomic mass is 35.5. The van der Waals surface area contributed by atoms with Crippen LogP contribution in [0.3, 0.4) is 0 Å². The van der Waals surface area contributed by atoms with E-state index in [2.05, 4.69) is 10.3 Å². The fraction of sp³-hybridized carbons (Fsp3) is 0.400. The number of aryl methyl sites for hydroxylation is 1. The van der Waals surface area contributed by atoms with E-state index < -0.39 is 0 Å². The second kappa shape index (κ2) is 8.85. The lowest BCUT2D eigenvalue weighted by molar-refractivity contribution is -0.113. The zero-order valence-corrected chi connectivity index (χ0v) is 18.4. The summed E-state index contributed by atoms with van der Waals surface area (Å²) in [6.45, 7) is 1.88. The van der Waals surface area contributed by atoms with Gasteiger partial charge in [-0.1, -0.05) is 42.6 Å². The summed E-state index contributed by atoms with van der Waals surface area (Å²) in [7, 11) is 0. The van der Waals surface area contributed by atoms with Gasteiger partial charge in [-0.05, 0) is 38.0 Å². The molecule has 0 saturated heterocycles. The number of nitrogens with one attached hydrogen (secondary N) is 1. The fourth-order valence-corrected chi connectivity index (χ4v) is 5.35. The third-order valence-corrected chi connectivity index (χ3v) is 7.03. The zero-order chi connectivity index (χ0) is 20.4. The van der Waals surface area contributed by atoms with Gasteiger partial charge in [-0.3, -0.25) is 14.2 Å².